The molecule has 0 saturated carbocycles. The van der Waals surface area contributed by atoms with Gasteiger partial charge in [0.2, 0.25) is 5.95 Å². The smallest absolute Gasteiger partial charge is 0.461 e. The summed E-state index contributed by atoms with van der Waals surface area (Å²) in [6.45, 7) is 8.95. The largest absolute Gasteiger partial charge is 0.573 e. The first-order chi connectivity index (χ1) is 20.7. The first-order valence-corrected chi connectivity index (χ1v) is 14.2. The molecule has 2 aliphatic rings. The van der Waals surface area contributed by atoms with E-state index in [-0.39, 0.29) is 23.9 Å². The molecule has 15 heteroatoms. The van der Waals surface area contributed by atoms with Gasteiger partial charge in [0.1, 0.15) is 5.60 Å². The van der Waals surface area contributed by atoms with E-state index in [1.807, 2.05) is 4.90 Å². The van der Waals surface area contributed by atoms with Crippen LogP contribution in [0.3, 0.4) is 0 Å². The molecule has 0 radical (unpaired) electrons. The minimum absolute atomic E-state index is 0.00241. The van der Waals surface area contributed by atoms with Crippen LogP contribution in [0.5, 0.6) is 5.75 Å². The fourth-order valence-electron chi connectivity index (χ4n) is 5.20. The first-order valence-electron chi connectivity index (χ1n) is 14.2. The number of aryl methyl sites for hydroxylation is 2. The Morgan fingerprint density at radius 2 is 1.80 bits per heavy atom. The molecule has 1 saturated heterocycles. The van der Waals surface area contributed by atoms with Gasteiger partial charge in [0, 0.05) is 50.7 Å². The highest BCUT2D eigenvalue weighted by Gasteiger charge is 2.34. The molecule has 2 aromatic heterocycles. The number of fused-ring (bicyclic) bond motifs is 3. The highest BCUT2D eigenvalue weighted by molar-refractivity contribution is 5.91. The van der Waals surface area contributed by atoms with E-state index in [2.05, 4.69) is 25.1 Å². The molecular weight excluding hydrogens is 583 g/mol. The SMILES string of the molecule is CCOC(=O)c1nn(C)c2c1CCc1cnc(Nc3cc(N4CCN(C(=O)OC(C)(C)C)CC4)ccc3OC(F)(F)F)nc1-2. The Balaban J connectivity index is 1.41. The monoisotopic (exact) mass is 617 g/mol. The Morgan fingerprint density at radius 1 is 1.07 bits per heavy atom. The van der Waals surface area contributed by atoms with Crippen molar-refractivity contribution in [1.29, 1.82) is 0 Å². The van der Waals surface area contributed by atoms with Crippen LogP contribution in [-0.2, 0) is 29.4 Å². The van der Waals surface area contributed by atoms with Crippen molar-refractivity contribution in [2.24, 2.45) is 7.05 Å². The van der Waals surface area contributed by atoms with E-state index in [9.17, 15) is 22.8 Å². The van der Waals surface area contributed by atoms with Crippen molar-refractivity contribution in [3.63, 3.8) is 0 Å². The molecule has 1 aliphatic carbocycles. The Hall–Kier alpha value is -4.56. The first kappa shape index (κ1) is 30.9. The maximum absolute atomic E-state index is 13.3. The fraction of sp³-hybridized carbons (Fsp3) is 0.483. The second kappa shape index (κ2) is 11.8. The van der Waals surface area contributed by atoms with Crippen molar-refractivity contribution in [3.05, 3.63) is 41.2 Å². The molecule has 0 bridgehead atoms. The van der Waals surface area contributed by atoms with Crippen molar-refractivity contribution in [1.82, 2.24) is 24.6 Å². The van der Waals surface area contributed by atoms with Crippen LogP contribution in [0, 0.1) is 0 Å². The molecule has 12 nitrogen and oxygen atoms in total. The minimum atomic E-state index is -4.93. The average Bonchev–Trinajstić information content (AvgIpc) is 3.29. The molecule has 1 N–H and O–H groups in total. The van der Waals surface area contributed by atoms with Gasteiger partial charge in [-0.25, -0.2) is 19.6 Å². The van der Waals surface area contributed by atoms with Crippen LogP contribution in [-0.4, -0.2) is 81.5 Å². The molecule has 0 unspecified atom stereocenters. The number of aromatic nitrogens is 4. The fourth-order valence-corrected chi connectivity index (χ4v) is 5.20. The van der Waals surface area contributed by atoms with Gasteiger partial charge in [-0.2, -0.15) is 5.10 Å². The molecular formula is C29H34F3N7O5. The number of alkyl halides is 3. The van der Waals surface area contributed by atoms with Crippen molar-refractivity contribution in [2.75, 3.05) is 43.0 Å². The summed E-state index contributed by atoms with van der Waals surface area (Å²) in [5.74, 6) is -0.951. The van der Waals surface area contributed by atoms with Crippen LogP contribution in [0.4, 0.5) is 35.3 Å². The normalized spacial score (nSPS) is 14.9. The van der Waals surface area contributed by atoms with Gasteiger partial charge in [-0.3, -0.25) is 4.68 Å². The van der Waals surface area contributed by atoms with Gasteiger partial charge >= 0.3 is 18.4 Å². The van der Waals surface area contributed by atoms with Crippen molar-refractivity contribution in [3.8, 4) is 17.1 Å². The van der Waals surface area contributed by atoms with Crippen molar-refractivity contribution >= 4 is 29.4 Å². The van der Waals surface area contributed by atoms with Gasteiger partial charge in [0.05, 0.1) is 23.7 Å². The highest BCUT2D eigenvalue weighted by Crippen LogP contribution is 2.38. The predicted octanol–water partition coefficient (Wildman–Crippen LogP) is 4.85. The quantitative estimate of drug-likeness (QED) is 0.384. The zero-order chi connectivity index (χ0) is 31.8. The molecule has 1 aliphatic heterocycles. The lowest BCUT2D eigenvalue weighted by atomic mass is 9.93. The maximum Gasteiger partial charge on any atom is 0.573 e. The van der Waals surface area contributed by atoms with Crippen molar-refractivity contribution < 1.29 is 37.0 Å². The van der Waals surface area contributed by atoms with Crippen LogP contribution in [0.25, 0.3) is 11.4 Å². The third kappa shape index (κ3) is 6.81. The van der Waals surface area contributed by atoms with E-state index in [1.54, 1.807) is 50.5 Å². The van der Waals surface area contributed by atoms with Crippen LogP contribution in [0.2, 0.25) is 0 Å². The number of nitrogens with zero attached hydrogens (tertiary/aromatic N) is 6. The number of halogens is 3. The Morgan fingerprint density at radius 3 is 2.45 bits per heavy atom. The Bertz CT molecular complexity index is 1560. The number of anilines is 3. The number of benzene rings is 1. The molecule has 236 valence electrons. The van der Waals surface area contributed by atoms with Gasteiger partial charge in [-0.1, -0.05) is 0 Å². The van der Waals surface area contributed by atoms with E-state index >= 15 is 0 Å². The number of carbonyl (C=O) groups excluding carboxylic acids is 2. The summed E-state index contributed by atoms with van der Waals surface area (Å²) in [5, 5.41) is 7.25. The summed E-state index contributed by atoms with van der Waals surface area (Å²) < 4.78 is 56.4. The van der Waals surface area contributed by atoms with Crippen LogP contribution >= 0.6 is 0 Å². The zero-order valence-electron chi connectivity index (χ0n) is 25.1. The summed E-state index contributed by atoms with van der Waals surface area (Å²) in [6, 6.07) is 4.29. The van der Waals surface area contributed by atoms with Gasteiger partial charge in [-0.15, -0.1) is 13.2 Å². The number of nitrogens with one attached hydrogen (secondary N) is 1. The summed E-state index contributed by atoms with van der Waals surface area (Å²) in [6.07, 6.45) is -2.65. The van der Waals surface area contributed by atoms with E-state index in [0.717, 1.165) is 5.56 Å². The summed E-state index contributed by atoms with van der Waals surface area (Å²) in [7, 11) is 1.69. The Labute approximate surface area is 252 Å². The maximum atomic E-state index is 13.3. The summed E-state index contributed by atoms with van der Waals surface area (Å²) in [5.41, 5.74) is 2.85. The van der Waals surface area contributed by atoms with E-state index < -0.39 is 29.8 Å². The Kier molecular flexibility index (Phi) is 8.32. The van der Waals surface area contributed by atoms with E-state index in [0.29, 0.717) is 61.7 Å². The molecule has 1 amide bonds. The average molecular weight is 618 g/mol. The molecule has 5 rings (SSSR count). The lowest BCUT2D eigenvalue weighted by Crippen LogP contribution is -2.50. The number of amides is 1. The number of ether oxygens (including phenoxy) is 3. The zero-order valence-corrected chi connectivity index (χ0v) is 25.1. The summed E-state index contributed by atoms with van der Waals surface area (Å²) in [4.78, 5) is 37.5. The lowest BCUT2D eigenvalue weighted by molar-refractivity contribution is -0.274. The van der Waals surface area contributed by atoms with E-state index in [4.69, 9.17) is 9.47 Å². The molecule has 3 aromatic rings. The van der Waals surface area contributed by atoms with Gasteiger partial charge < -0.3 is 29.3 Å². The highest BCUT2D eigenvalue weighted by atomic mass is 19.4. The van der Waals surface area contributed by atoms with Gasteiger partial charge in [0.25, 0.3) is 0 Å². The van der Waals surface area contributed by atoms with Gasteiger partial charge in [-0.05, 0) is 64.3 Å². The molecule has 1 aromatic carbocycles. The topological polar surface area (TPSA) is 124 Å². The molecule has 0 spiro atoms. The molecule has 3 heterocycles. The molecule has 44 heavy (non-hydrogen) atoms. The van der Waals surface area contributed by atoms with Crippen molar-refractivity contribution in [2.45, 2.75) is 52.5 Å². The van der Waals surface area contributed by atoms with Crippen LogP contribution in [0.15, 0.2) is 24.4 Å². The predicted molar refractivity (Wildman–Crippen MR) is 154 cm³/mol. The molecule has 0 atom stereocenters. The summed E-state index contributed by atoms with van der Waals surface area (Å²) >= 11 is 0. The van der Waals surface area contributed by atoms with Crippen LogP contribution < -0.4 is 15.0 Å². The number of carbonyl (C=O) groups is 2. The van der Waals surface area contributed by atoms with E-state index in [1.165, 1.54) is 18.2 Å². The number of esters is 1. The second-order valence-electron chi connectivity index (χ2n) is 11.4. The van der Waals surface area contributed by atoms with Gasteiger partial charge in [0.15, 0.2) is 11.4 Å². The third-order valence-corrected chi connectivity index (χ3v) is 7.08. The minimum Gasteiger partial charge on any atom is -0.461 e. The second-order valence-corrected chi connectivity index (χ2v) is 11.4. The number of rotatable bonds is 6. The number of hydrogen-bond acceptors (Lipinski definition) is 10. The number of hydrogen-bond donors (Lipinski definition) is 1. The standard InChI is InChI=1S/C29H34F3N7O5/c1-6-42-25(40)23-19-9-7-17-16-33-26(35-22(17)24(19)37(5)36-23)34-20-15-18(8-10-21(20)43-29(30,31)32)38-11-13-39(14-12-38)27(41)44-28(2,3)4/h8,10,15-16H,6-7,9,11-14H2,1-5H3,(H,33,34,35). The van der Waals surface area contributed by atoms with Crippen LogP contribution in [0.1, 0.15) is 49.3 Å². The number of piperazine rings is 1. The third-order valence-electron chi connectivity index (χ3n) is 7.08. The lowest BCUT2D eigenvalue weighted by Gasteiger charge is -2.37. The molecule has 1 fully saturated rings.